The molecule has 18 heavy (non-hydrogen) atoms. The molecule has 0 bridgehead atoms. The van der Waals surface area contributed by atoms with Crippen LogP contribution in [0.1, 0.15) is 24.8 Å². The van der Waals surface area contributed by atoms with Gasteiger partial charge in [0, 0.05) is 6.54 Å². The molecule has 100 valence electrons. The van der Waals surface area contributed by atoms with Crippen LogP contribution in [0, 0.1) is 0 Å². The zero-order valence-electron chi connectivity index (χ0n) is 10.2. The van der Waals surface area contributed by atoms with Crippen LogP contribution in [0.25, 0.3) is 0 Å². The Labute approximate surface area is 107 Å². The molecule has 0 saturated carbocycles. The molecule has 6 heteroatoms. The Morgan fingerprint density at radius 3 is 2.44 bits per heavy atom. The van der Waals surface area contributed by atoms with E-state index in [4.69, 9.17) is 4.55 Å². The van der Waals surface area contributed by atoms with Gasteiger partial charge in [-0.05, 0) is 12.0 Å². The average molecular weight is 271 g/mol. The average Bonchev–Trinajstić information content (AvgIpc) is 2.29. The highest BCUT2D eigenvalue weighted by molar-refractivity contribution is 7.85. The number of carbonyl (C=O) groups excluding carboxylic acids is 1. The Morgan fingerprint density at radius 2 is 1.94 bits per heavy atom. The van der Waals surface area contributed by atoms with Crippen molar-refractivity contribution in [3.8, 4) is 0 Å². The number of nitrogens with one attached hydrogen (secondary N) is 1. The third-order valence-corrected chi connectivity index (χ3v) is 3.31. The van der Waals surface area contributed by atoms with Gasteiger partial charge < -0.3 is 5.32 Å². The summed E-state index contributed by atoms with van der Waals surface area (Å²) in [6.45, 7) is 1.81. The van der Waals surface area contributed by atoms with Crippen LogP contribution in [0.3, 0.4) is 0 Å². The van der Waals surface area contributed by atoms with Gasteiger partial charge in [-0.15, -0.1) is 0 Å². The maximum atomic E-state index is 11.9. The molecule has 1 aromatic carbocycles. The normalized spacial score (nSPS) is 13.0. The van der Waals surface area contributed by atoms with Gasteiger partial charge in [0.1, 0.15) is 0 Å². The summed E-state index contributed by atoms with van der Waals surface area (Å²) in [6, 6.07) is 9.28. The maximum absolute atomic E-state index is 11.9. The van der Waals surface area contributed by atoms with Crippen molar-refractivity contribution in [1.29, 1.82) is 0 Å². The summed E-state index contributed by atoms with van der Waals surface area (Å²) in [7, 11) is -4.03. The summed E-state index contributed by atoms with van der Waals surface area (Å²) >= 11 is 0. The van der Waals surface area contributed by atoms with Gasteiger partial charge in [-0.1, -0.05) is 37.3 Å². The van der Waals surface area contributed by atoms with Crippen LogP contribution in [-0.2, 0) is 14.9 Å². The van der Waals surface area contributed by atoms with Crippen molar-refractivity contribution in [3.05, 3.63) is 35.9 Å². The van der Waals surface area contributed by atoms with Crippen molar-refractivity contribution in [2.45, 2.75) is 19.3 Å². The summed E-state index contributed by atoms with van der Waals surface area (Å²) in [4.78, 5) is 11.9. The standard InChI is InChI=1S/C12H17NO4S/c1-2-11(10-6-4-3-5-7-10)12(14)13-8-9-18(15,16)17/h3-7,11H,2,8-9H2,1H3,(H,13,14)(H,15,16,17). The lowest BCUT2D eigenvalue weighted by Crippen LogP contribution is -2.32. The van der Waals surface area contributed by atoms with Gasteiger partial charge in [-0.2, -0.15) is 8.42 Å². The number of hydrogen-bond donors (Lipinski definition) is 2. The minimum absolute atomic E-state index is 0.0823. The van der Waals surface area contributed by atoms with Gasteiger partial charge in [0.2, 0.25) is 5.91 Å². The van der Waals surface area contributed by atoms with Crippen LogP contribution in [0.2, 0.25) is 0 Å². The van der Waals surface area contributed by atoms with Crippen LogP contribution < -0.4 is 5.32 Å². The SMILES string of the molecule is CCC(C(=O)NCCS(=O)(=O)O)c1ccccc1. The molecule has 1 amide bonds. The molecule has 0 aliphatic heterocycles. The zero-order chi connectivity index (χ0) is 13.6. The fourth-order valence-corrected chi connectivity index (χ4v) is 2.04. The molecule has 1 rings (SSSR count). The number of carbonyl (C=O) groups is 1. The van der Waals surface area contributed by atoms with E-state index in [0.29, 0.717) is 6.42 Å². The Kier molecular flexibility index (Phi) is 5.30. The first-order valence-corrected chi connectivity index (χ1v) is 7.32. The molecule has 0 radical (unpaired) electrons. The third kappa shape index (κ3) is 4.85. The molecule has 0 saturated heterocycles. The Balaban J connectivity index is 2.59. The van der Waals surface area contributed by atoms with E-state index in [1.54, 1.807) is 0 Å². The number of rotatable bonds is 6. The van der Waals surface area contributed by atoms with Crippen molar-refractivity contribution >= 4 is 16.0 Å². The highest BCUT2D eigenvalue weighted by Gasteiger charge is 2.18. The molecule has 1 unspecified atom stereocenters. The smallest absolute Gasteiger partial charge is 0.266 e. The van der Waals surface area contributed by atoms with Gasteiger partial charge in [0.05, 0.1) is 11.7 Å². The van der Waals surface area contributed by atoms with Gasteiger partial charge >= 0.3 is 0 Å². The van der Waals surface area contributed by atoms with Gasteiger partial charge in [0.25, 0.3) is 10.1 Å². The molecule has 0 aliphatic carbocycles. The lowest BCUT2D eigenvalue weighted by molar-refractivity contribution is -0.122. The maximum Gasteiger partial charge on any atom is 0.266 e. The van der Waals surface area contributed by atoms with E-state index < -0.39 is 15.9 Å². The largest absolute Gasteiger partial charge is 0.354 e. The summed E-state index contributed by atoms with van der Waals surface area (Å²) in [5, 5.41) is 2.51. The molecule has 0 heterocycles. The summed E-state index contributed by atoms with van der Waals surface area (Å²) in [5.41, 5.74) is 0.893. The minimum Gasteiger partial charge on any atom is -0.354 e. The highest BCUT2D eigenvalue weighted by atomic mass is 32.2. The summed E-state index contributed by atoms with van der Waals surface area (Å²) in [5.74, 6) is -0.996. The first-order valence-electron chi connectivity index (χ1n) is 5.72. The van der Waals surface area contributed by atoms with Crippen molar-refractivity contribution in [3.63, 3.8) is 0 Å². The molecule has 0 fully saturated rings. The topological polar surface area (TPSA) is 83.5 Å². The predicted octanol–water partition coefficient (Wildman–Crippen LogP) is 1.18. The molecular formula is C12H17NO4S. The molecule has 5 nitrogen and oxygen atoms in total. The van der Waals surface area contributed by atoms with E-state index >= 15 is 0 Å². The Bertz CT molecular complexity index is 484. The van der Waals surface area contributed by atoms with Crippen LogP contribution in [0.5, 0.6) is 0 Å². The zero-order valence-corrected chi connectivity index (χ0v) is 11.0. The second-order valence-electron chi connectivity index (χ2n) is 3.95. The van der Waals surface area contributed by atoms with E-state index in [-0.39, 0.29) is 18.4 Å². The molecule has 0 spiro atoms. The van der Waals surface area contributed by atoms with E-state index in [1.807, 2.05) is 37.3 Å². The number of amides is 1. The molecule has 1 atom stereocenters. The van der Waals surface area contributed by atoms with Crippen LogP contribution in [0.4, 0.5) is 0 Å². The monoisotopic (exact) mass is 271 g/mol. The predicted molar refractivity (Wildman–Crippen MR) is 68.9 cm³/mol. The highest BCUT2D eigenvalue weighted by Crippen LogP contribution is 2.18. The second-order valence-corrected chi connectivity index (χ2v) is 5.52. The fraction of sp³-hybridized carbons (Fsp3) is 0.417. The fourth-order valence-electron chi connectivity index (χ4n) is 1.68. The number of benzene rings is 1. The lowest BCUT2D eigenvalue weighted by atomic mass is 9.96. The lowest BCUT2D eigenvalue weighted by Gasteiger charge is -2.14. The van der Waals surface area contributed by atoms with E-state index in [9.17, 15) is 13.2 Å². The van der Waals surface area contributed by atoms with Gasteiger partial charge in [-0.3, -0.25) is 9.35 Å². The van der Waals surface area contributed by atoms with Crippen molar-refractivity contribution in [2.75, 3.05) is 12.3 Å². The molecule has 0 aliphatic rings. The minimum atomic E-state index is -4.03. The molecular weight excluding hydrogens is 254 g/mol. The van der Waals surface area contributed by atoms with Crippen molar-refractivity contribution < 1.29 is 17.8 Å². The first-order chi connectivity index (χ1) is 8.44. The second kappa shape index (κ2) is 6.51. The van der Waals surface area contributed by atoms with Crippen LogP contribution >= 0.6 is 0 Å². The first kappa shape index (κ1) is 14.7. The summed E-state index contributed by atoms with van der Waals surface area (Å²) < 4.78 is 29.6. The van der Waals surface area contributed by atoms with E-state index in [2.05, 4.69) is 5.32 Å². The Morgan fingerprint density at radius 1 is 1.33 bits per heavy atom. The van der Waals surface area contributed by atoms with Crippen LogP contribution in [0.15, 0.2) is 30.3 Å². The van der Waals surface area contributed by atoms with E-state index in [1.165, 1.54) is 0 Å². The number of hydrogen-bond acceptors (Lipinski definition) is 3. The van der Waals surface area contributed by atoms with Crippen molar-refractivity contribution in [2.24, 2.45) is 0 Å². The third-order valence-electron chi connectivity index (χ3n) is 2.59. The molecule has 0 aromatic heterocycles. The summed E-state index contributed by atoms with van der Waals surface area (Å²) in [6.07, 6.45) is 0.627. The van der Waals surface area contributed by atoms with Gasteiger partial charge in [-0.25, -0.2) is 0 Å². The van der Waals surface area contributed by atoms with Crippen molar-refractivity contribution in [1.82, 2.24) is 5.32 Å². The Hall–Kier alpha value is -1.40. The molecule has 2 N–H and O–H groups in total. The van der Waals surface area contributed by atoms with Crippen LogP contribution in [-0.4, -0.2) is 31.2 Å². The van der Waals surface area contributed by atoms with Gasteiger partial charge in [0.15, 0.2) is 0 Å². The van der Waals surface area contributed by atoms with E-state index in [0.717, 1.165) is 5.56 Å². The molecule has 1 aromatic rings. The quantitative estimate of drug-likeness (QED) is 0.761.